The Morgan fingerprint density at radius 3 is 2.48 bits per heavy atom. The van der Waals surface area contributed by atoms with Crippen molar-refractivity contribution in [1.29, 1.82) is 0 Å². The normalized spacial score (nSPS) is 11.4. The van der Waals surface area contributed by atoms with Crippen molar-refractivity contribution >= 4 is 18.0 Å². The van der Waals surface area contributed by atoms with Crippen LogP contribution >= 0.6 is 0 Å². The molecule has 3 rings (SSSR count). The van der Waals surface area contributed by atoms with Gasteiger partial charge >= 0.3 is 0 Å². The van der Waals surface area contributed by atoms with Crippen molar-refractivity contribution in [3.05, 3.63) is 66.4 Å². The number of nitrogen functional groups attached to an aromatic ring is 1. The van der Waals surface area contributed by atoms with Gasteiger partial charge in [-0.15, -0.1) is 0 Å². The van der Waals surface area contributed by atoms with E-state index in [-0.39, 0.29) is 19.2 Å². The number of aromatic nitrogens is 2. The fraction of sp³-hybridized carbons (Fsp3) is 0.261. The maximum atomic E-state index is 8.92. The molecule has 8 heteroatoms. The fourth-order valence-corrected chi connectivity index (χ4v) is 3.08. The fourth-order valence-electron chi connectivity index (χ4n) is 3.08. The average Bonchev–Trinajstić information content (AvgIpc) is 2.80. The Labute approximate surface area is 182 Å². The van der Waals surface area contributed by atoms with Crippen molar-refractivity contribution in [3.8, 4) is 17.0 Å². The molecule has 0 aliphatic heterocycles. The third-order valence-electron chi connectivity index (χ3n) is 4.54. The summed E-state index contributed by atoms with van der Waals surface area (Å²) in [7, 11) is 3.43. The van der Waals surface area contributed by atoms with Gasteiger partial charge in [-0.1, -0.05) is 54.6 Å². The van der Waals surface area contributed by atoms with Crippen LogP contribution in [-0.2, 0) is 11.3 Å². The summed E-state index contributed by atoms with van der Waals surface area (Å²) in [6.07, 6.45) is 3.53. The lowest BCUT2D eigenvalue weighted by Crippen LogP contribution is -2.28. The summed E-state index contributed by atoms with van der Waals surface area (Å²) in [6.45, 7) is 1.13. The van der Waals surface area contributed by atoms with Crippen LogP contribution in [0.25, 0.3) is 11.1 Å². The highest BCUT2D eigenvalue weighted by atomic mass is 16.5. The van der Waals surface area contributed by atoms with Crippen LogP contribution in [0.1, 0.15) is 5.56 Å². The number of nitrogens with two attached hydrogens (primary N) is 1. The second-order valence-corrected chi connectivity index (χ2v) is 6.95. The summed E-state index contributed by atoms with van der Waals surface area (Å²) in [5.74, 6) is 0.529. The van der Waals surface area contributed by atoms with Crippen LogP contribution in [0, 0.1) is 0 Å². The summed E-state index contributed by atoms with van der Waals surface area (Å²) >= 11 is 0. The molecular weight excluding hydrogens is 394 g/mol. The van der Waals surface area contributed by atoms with E-state index in [0.717, 1.165) is 11.1 Å². The number of aliphatic hydroxyl groups is 1. The van der Waals surface area contributed by atoms with Crippen molar-refractivity contribution < 1.29 is 19.2 Å². The molecule has 0 saturated heterocycles. The van der Waals surface area contributed by atoms with Crippen molar-refractivity contribution in [2.45, 2.75) is 6.54 Å². The van der Waals surface area contributed by atoms with E-state index in [1.54, 1.807) is 13.3 Å². The molecule has 0 spiro atoms. The van der Waals surface area contributed by atoms with Gasteiger partial charge in [-0.05, 0) is 16.7 Å². The van der Waals surface area contributed by atoms with Crippen molar-refractivity contribution in [2.75, 3.05) is 44.7 Å². The summed E-state index contributed by atoms with van der Waals surface area (Å²) < 4.78 is 12.7. The number of benzene rings is 2. The van der Waals surface area contributed by atoms with E-state index in [4.69, 9.17) is 20.3 Å². The highest BCUT2D eigenvalue weighted by Gasteiger charge is 2.21. The first-order chi connectivity index (χ1) is 15.1. The van der Waals surface area contributed by atoms with E-state index >= 15 is 0 Å². The lowest BCUT2D eigenvalue weighted by Gasteiger charge is -2.16. The lowest BCUT2D eigenvalue weighted by molar-refractivity contribution is -0.538. The molecule has 0 fully saturated rings. The van der Waals surface area contributed by atoms with E-state index in [2.05, 4.69) is 46.4 Å². The van der Waals surface area contributed by atoms with Gasteiger partial charge in [0.05, 0.1) is 33.6 Å². The number of anilines is 2. The topological polar surface area (TPSA) is 96.7 Å². The van der Waals surface area contributed by atoms with Gasteiger partial charge in [0, 0.05) is 0 Å². The number of methoxy groups -OCH3 is 1. The van der Waals surface area contributed by atoms with E-state index in [1.807, 2.05) is 41.1 Å². The maximum Gasteiger partial charge on any atom is 0.266 e. The first-order valence-corrected chi connectivity index (χ1v) is 9.92. The Kier molecular flexibility index (Phi) is 7.91. The molecule has 0 aliphatic rings. The molecule has 8 nitrogen and oxygen atoms in total. The molecule has 3 N–H and O–H groups in total. The monoisotopic (exact) mass is 422 g/mol. The molecule has 0 aliphatic carbocycles. The second-order valence-electron chi connectivity index (χ2n) is 6.95. The Hall–Kier alpha value is -3.49. The number of nitrogens with zero attached hydrogens (tertiary/aromatic N) is 4. The molecule has 2 aromatic carbocycles. The van der Waals surface area contributed by atoms with Crippen LogP contribution in [0.2, 0.25) is 0 Å². The summed E-state index contributed by atoms with van der Waals surface area (Å²) in [5, 5.41) is 8.92. The first-order valence-electron chi connectivity index (χ1n) is 9.92. The van der Waals surface area contributed by atoms with Crippen LogP contribution in [0.15, 0.2) is 60.8 Å². The van der Waals surface area contributed by atoms with Crippen LogP contribution in [0.3, 0.4) is 0 Å². The molecule has 162 valence electrons. The zero-order chi connectivity index (χ0) is 22.1. The first kappa shape index (κ1) is 22.2. The minimum Gasteiger partial charge on any atom is -0.478 e. The Balaban J connectivity index is 1.87. The Morgan fingerprint density at radius 2 is 1.81 bits per heavy atom. The number of aliphatic hydroxyl groups excluding tert-OH is 1. The maximum absolute atomic E-state index is 8.92. The molecule has 0 atom stereocenters. The van der Waals surface area contributed by atoms with Gasteiger partial charge in [0.2, 0.25) is 18.0 Å². The highest BCUT2D eigenvalue weighted by molar-refractivity contribution is 5.78. The van der Waals surface area contributed by atoms with E-state index in [1.165, 1.54) is 5.56 Å². The van der Waals surface area contributed by atoms with Crippen LogP contribution in [-0.4, -0.2) is 60.1 Å². The van der Waals surface area contributed by atoms with Gasteiger partial charge in [-0.2, -0.15) is 4.98 Å². The molecule has 31 heavy (non-hydrogen) atoms. The molecule has 0 unspecified atom stereocenters. The number of ether oxygens (including phenoxy) is 2. The van der Waals surface area contributed by atoms with Crippen LogP contribution in [0.5, 0.6) is 5.88 Å². The Bertz CT molecular complexity index is 994. The van der Waals surface area contributed by atoms with Gasteiger partial charge in [-0.25, -0.2) is 14.5 Å². The molecule has 0 radical (unpaired) electrons. The molecule has 1 heterocycles. The summed E-state index contributed by atoms with van der Waals surface area (Å²) in [4.78, 5) is 10.3. The average molecular weight is 423 g/mol. The number of hydrogen-bond acceptors (Lipinski definition) is 6. The largest absolute Gasteiger partial charge is 0.478 e. The molecule has 0 saturated carbocycles. The zero-order valence-electron chi connectivity index (χ0n) is 17.8. The van der Waals surface area contributed by atoms with E-state index in [0.29, 0.717) is 24.8 Å². The molecular formula is C23H28N5O3+. The quantitative estimate of drug-likeness (QED) is 0.170. The number of rotatable bonds is 10. The second kappa shape index (κ2) is 11.1. The molecule has 3 aromatic rings. The van der Waals surface area contributed by atoms with Gasteiger partial charge in [-0.3, -0.25) is 0 Å². The van der Waals surface area contributed by atoms with Crippen molar-refractivity contribution in [3.63, 3.8) is 0 Å². The zero-order valence-corrected chi connectivity index (χ0v) is 17.8. The van der Waals surface area contributed by atoms with Crippen LogP contribution < -0.4 is 15.4 Å². The molecule has 1 aromatic heterocycles. The minimum absolute atomic E-state index is 0.0229. The van der Waals surface area contributed by atoms with Gasteiger partial charge in [0.1, 0.15) is 6.54 Å². The van der Waals surface area contributed by atoms with Crippen molar-refractivity contribution in [1.82, 2.24) is 9.97 Å². The van der Waals surface area contributed by atoms with Crippen molar-refractivity contribution in [2.24, 2.45) is 0 Å². The van der Waals surface area contributed by atoms with Gasteiger partial charge in [0.15, 0.2) is 6.73 Å². The Morgan fingerprint density at radius 1 is 1.10 bits per heavy atom. The lowest BCUT2D eigenvalue weighted by atomic mass is 10.0. The number of hydrogen-bond donors (Lipinski definition) is 2. The van der Waals surface area contributed by atoms with E-state index < -0.39 is 0 Å². The predicted molar refractivity (Wildman–Crippen MR) is 121 cm³/mol. The van der Waals surface area contributed by atoms with Gasteiger partial charge < -0.3 is 20.3 Å². The highest BCUT2D eigenvalue weighted by Crippen LogP contribution is 2.27. The van der Waals surface area contributed by atoms with E-state index in [9.17, 15) is 0 Å². The standard InChI is InChI=1S/C23H28N5O3/c1-27(17-31-13-12-29)16-28(21-14-25-23(24)26-22(21)30-2)15-18-8-10-20(11-9-18)19-6-4-3-5-7-19/h3-11,14,16,29H,12-13,15,17H2,1-2H3,(H2,24,25,26)/q+1. The third-order valence-corrected chi connectivity index (χ3v) is 4.54. The van der Waals surface area contributed by atoms with Crippen LogP contribution in [0.4, 0.5) is 11.6 Å². The minimum atomic E-state index is -0.0229. The molecule has 0 amide bonds. The smallest absolute Gasteiger partial charge is 0.266 e. The predicted octanol–water partition coefficient (Wildman–Crippen LogP) is 2.38. The third kappa shape index (κ3) is 6.24. The SMILES string of the molecule is COc1nc(N)ncc1N(C=[N+](C)COCCO)Cc1ccc(-c2ccccc2)cc1. The summed E-state index contributed by atoms with van der Waals surface area (Å²) in [6, 6.07) is 18.6. The molecule has 0 bridgehead atoms. The van der Waals surface area contributed by atoms with Gasteiger partial charge in [0.25, 0.3) is 5.88 Å². The summed E-state index contributed by atoms with van der Waals surface area (Å²) in [5.41, 5.74) is 9.83.